The first kappa shape index (κ1) is 11.4. The molecule has 1 N–H and O–H groups in total. The first-order valence-corrected chi connectivity index (χ1v) is 6.97. The normalized spacial score (nSPS) is 37.4. The first-order chi connectivity index (χ1) is 7.24. The van der Waals surface area contributed by atoms with Gasteiger partial charge in [-0.05, 0) is 55.9 Å². The fourth-order valence-electron chi connectivity index (χ4n) is 3.39. The molecule has 4 unspecified atom stereocenters. The average molecular weight is 209 g/mol. The van der Waals surface area contributed by atoms with Crippen molar-refractivity contribution in [3.05, 3.63) is 0 Å². The fraction of sp³-hybridized carbons (Fsp3) is 1.00. The largest absolute Gasteiger partial charge is 0.314 e. The third-order valence-electron chi connectivity index (χ3n) is 4.67. The van der Waals surface area contributed by atoms with Gasteiger partial charge in [0.05, 0.1) is 0 Å². The van der Waals surface area contributed by atoms with Crippen LogP contribution in [0, 0.1) is 23.7 Å². The molecule has 4 atom stereocenters. The van der Waals surface area contributed by atoms with Crippen molar-refractivity contribution in [3.8, 4) is 0 Å². The zero-order valence-electron chi connectivity index (χ0n) is 10.6. The predicted octanol–water partition coefficient (Wildman–Crippen LogP) is 3.45. The van der Waals surface area contributed by atoms with Crippen molar-refractivity contribution in [3.63, 3.8) is 0 Å². The number of fused-ring (bicyclic) bond motifs is 1. The van der Waals surface area contributed by atoms with Gasteiger partial charge in [0, 0.05) is 6.04 Å². The van der Waals surface area contributed by atoms with E-state index >= 15 is 0 Å². The van der Waals surface area contributed by atoms with Crippen LogP contribution in [0.5, 0.6) is 0 Å². The Kier molecular flexibility index (Phi) is 3.71. The monoisotopic (exact) mass is 209 g/mol. The molecule has 2 fully saturated rings. The van der Waals surface area contributed by atoms with E-state index in [0.717, 1.165) is 36.3 Å². The summed E-state index contributed by atoms with van der Waals surface area (Å²) in [5.74, 6) is 4.16. The molecule has 15 heavy (non-hydrogen) atoms. The molecule has 2 rings (SSSR count). The van der Waals surface area contributed by atoms with Crippen molar-refractivity contribution in [1.82, 2.24) is 5.32 Å². The Morgan fingerprint density at radius 3 is 2.33 bits per heavy atom. The maximum atomic E-state index is 3.73. The molecule has 0 aliphatic heterocycles. The molecule has 1 nitrogen and oxygen atoms in total. The minimum absolute atomic E-state index is 0.817. The van der Waals surface area contributed by atoms with Crippen molar-refractivity contribution in [2.45, 2.75) is 58.9 Å². The molecule has 0 saturated heterocycles. The minimum Gasteiger partial charge on any atom is -0.314 e. The van der Waals surface area contributed by atoms with Gasteiger partial charge in [-0.15, -0.1) is 0 Å². The van der Waals surface area contributed by atoms with Gasteiger partial charge < -0.3 is 5.32 Å². The van der Waals surface area contributed by atoms with Gasteiger partial charge in [-0.2, -0.15) is 0 Å². The molecule has 0 spiro atoms. The topological polar surface area (TPSA) is 12.0 Å². The van der Waals surface area contributed by atoms with Crippen molar-refractivity contribution >= 4 is 0 Å². The van der Waals surface area contributed by atoms with Gasteiger partial charge in [-0.3, -0.25) is 0 Å². The van der Waals surface area contributed by atoms with Crippen LogP contribution < -0.4 is 5.32 Å². The molecule has 0 aromatic carbocycles. The predicted molar refractivity (Wildman–Crippen MR) is 65.9 cm³/mol. The summed E-state index contributed by atoms with van der Waals surface area (Å²) in [7, 11) is 0. The van der Waals surface area contributed by atoms with Crippen LogP contribution in [0.2, 0.25) is 0 Å². The average Bonchev–Trinajstić information content (AvgIpc) is 2.85. The summed E-state index contributed by atoms with van der Waals surface area (Å²) in [4.78, 5) is 0. The van der Waals surface area contributed by atoms with Crippen molar-refractivity contribution in [2.75, 3.05) is 6.54 Å². The zero-order chi connectivity index (χ0) is 10.8. The maximum absolute atomic E-state index is 3.73. The molecule has 0 radical (unpaired) electrons. The summed E-state index contributed by atoms with van der Waals surface area (Å²) < 4.78 is 0. The zero-order valence-corrected chi connectivity index (χ0v) is 10.6. The SMILES string of the molecule is CCNC(CC(C)CC)C1CC2CC2C1. The first-order valence-electron chi connectivity index (χ1n) is 6.97. The van der Waals surface area contributed by atoms with Gasteiger partial charge in [0.15, 0.2) is 0 Å². The van der Waals surface area contributed by atoms with Gasteiger partial charge >= 0.3 is 0 Å². The summed E-state index contributed by atoms with van der Waals surface area (Å²) >= 11 is 0. The fourth-order valence-corrected chi connectivity index (χ4v) is 3.39. The molecule has 0 aromatic heterocycles. The van der Waals surface area contributed by atoms with Gasteiger partial charge in [-0.25, -0.2) is 0 Å². The van der Waals surface area contributed by atoms with Crippen molar-refractivity contribution < 1.29 is 0 Å². The highest BCUT2D eigenvalue weighted by Gasteiger charge is 2.47. The smallest absolute Gasteiger partial charge is 0.00979 e. The molecular formula is C14H27N. The van der Waals surface area contributed by atoms with Crippen LogP contribution in [0.25, 0.3) is 0 Å². The van der Waals surface area contributed by atoms with Crippen LogP contribution >= 0.6 is 0 Å². The van der Waals surface area contributed by atoms with Crippen LogP contribution in [-0.4, -0.2) is 12.6 Å². The Morgan fingerprint density at radius 1 is 1.13 bits per heavy atom. The lowest BCUT2D eigenvalue weighted by Crippen LogP contribution is -2.37. The lowest BCUT2D eigenvalue weighted by atomic mass is 9.87. The molecule has 2 aliphatic carbocycles. The summed E-state index contributed by atoms with van der Waals surface area (Å²) in [5, 5.41) is 3.73. The summed E-state index contributed by atoms with van der Waals surface area (Å²) in [6.07, 6.45) is 7.34. The van der Waals surface area contributed by atoms with E-state index in [4.69, 9.17) is 0 Å². The third kappa shape index (κ3) is 2.75. The Morgan fingerprint density at radius 2 is 1.80 bits per heavy atom. The molecular weight excluding hydrogens is 182 g/mol. The second-order valence-electron chi connectivity index (χ2n) is 5.90. The molecule has 2 aliphatic rings. The Labute approximate surface area is 95.0 Å². The molecule has 0 amide bonds. The van der Waals surface area contributed by atoms with Crippen LogP contribution in [0.3, 0.4) is 0 Å². The summed E-state index contributed by atoms with van der Waals surface area (Å²) in [6.45, 7) is 8.12. The molecule has 0 heterocycles. The number of hydrogen-bond acceptors (Lipinski definition) is 1. The Bertz CT molecular complexity index is 192. The van der Waals surface area contributed by atoms with Gasteiger partial charge in [0.1, 0.15) is 0 Å². The van der Waals surface area contributed by atoms with E-state index in [1.807, 2.05) is 0 Å². The van der Waals surface area contributed by atoms with Crippen LogP contribution in [0.1, 0.15) is 52.9 Å². The lowest BCUT2D eigenvalue weighted by Gasteiger charge is -2.28. The van der Waals surface area contributed by atoms with E-state index in [0.29, 0.717) is 0 Å². The number of rotatable bonds is 6. The quantitative estimate of drug-likeness (QED) is 0.706. The van der Waals surface area contributed by atoms with E-state index in [1.54, 1.807) is 6.42 Å². The van der Waals surface area contributed by atoms with Gasteiger partial charge in [-0.1, -0.05) is 27.2 Å². The van der Waals surface area contributed by atoms with Crippen LogP contribution in [0.15, 0.2) is 0 Å². The Hall–Kier alpha value is -0.0400. The molecule has 88 valence electrons. The summed E-state index contributed by atoms with van der Waals surface area (Å²) in [6, 6.07) is 0.817. The second kappa shape index (κ2) is 4.86. The van der Waals surface area contributed by atoms with E-state index in [9.17, 15) is 0 Å². The minimum atomic E-state index is 0.817. The molecule has 0 aromatic rings. The van der Waals surface area contributed by atoms with E-state index in [-0.39, 0.29) is 0 Å². The number of nitrogens with one attached hydrogen (secondary N) is 1. The van der Waals surface area contributed by atoms with E-state index in [2.05, 4.69) is 26.1 Å². The lowest BCUT2D eigenvalue weighted by molar-refractivity contribution is 0.286. The van der Waals surface area contributed by atoms with E-state index < -0.39 is 0 Å². The summed E-state index contributed by atoms with van der Waals surface area (Å²) in [5.41, 5.74) is 0. The maximum Gasteiger partial charge on any atom is 0.00979 e. The number of hydrogen-bond donors (Lipinski definition) is 1. The van der Waals surface area contributed by atoms with Crippen molar-refractivity contribution in [1.29, 1.82) is 0 Å². The second-order valence-corrected chi connectivity index (χ2v) is 5.90. The highest BCUT2D eigenvalue weighted by molar-refractivity contribution is 4.99. The molecule has 2 saturated carbocycles. The van der Waals surface area contributed by atoms with Crippen LogP contribution in [-0.2, 0) is 0 Å². The Balaban J connectivity index is 1.82. The van der Waals surface area contributed by atoms with Gasteiger partial charge in [0.25, 0.3) is 0 Å². The highest BCUT2D eigenvalue weighted by atomic mass is 14.9. The molecule has 1 heteroatoms. The third-order valence-corrected chi connectivity index (χ3v) is 4.67. The highest BCUT2D eigenvalue weighted by Crippen LogP contribution is 2.55. The van der Waals surface area contributed by atoms with Crippen molar-refractivity contribution in [2.24, 2.45) is 23.7 Å². The molecule has 0 bridgehead atoms. The van der Waals surface area contributed by atoms with Gasteiger partial charge in [0.2, 0.25) is 0 Å². The van der Waals surface area contributed by atoms with E-state index in [1.165, 1.54) is 25.7 Å². The standard InChI is InChI=1S/C14H27N/c1-4-10(3)6-14(15-5-2)13-8-11-7-12(11)9-13/h10-15H,4-9H2,1-3H3. The van der Waals surface area contributed by atoms with Crippen LogP contribution in [0.4, 0.5) is 0 Å².